The van der Waals surface area contributed by atoms with Gasteiger partial charge in [0, 0.05) is 18.7 Å². The number of carbonyl (C=O) groups is 2. The van der Waals surface area contributed by atoms with Gasteiger partial charge in [0.2, 0.25) is 0 Å². The predicted octanol–water partition coefficient (Wildman–Crippen LogP) is 5.49. The molecule has 9 nitrogen and oxygen atoms in total. The number of pyridine rings is 1. The molecule has 0 unspecified atom stereocenters. The van der Waals surface area contributed by atoms with Gasteiger partial charge >= 0.3 is 12.2 Å². The molecule has 0 radical (unpaired) electrons. The Morgan fingerprint density at radius 3 is 2.35 bits per heavy atom. The summed E-state index contributed by atoms with van der Waals surface area (Å²) in [5, 5.41) is 14.2. The Morgan fingerprint density at radius 2 is 1.73 bits per heavy atom. The van der Waals surface area contributed by atoms with Gasteiger partial charge in [-0.25, -0.2) is 19.0 Å². The summed E-state index contributed by atoms with van der Waals surface area (Å²) < 4.78 is 27.3. The number of hydrogen-bond acceptors (Lipinski definition) is 7. The number of carbonyl (C=O) groups excluding carboxylic acids is 2. The molecule has 1 aliphatic rings. The third kappa shape index (κ3) is 5.26. The average molecular weight is 508 g/mol. The predicted molar refractivity (Wildman–Crippen MR) is 134 cm³/mol. The van der Waals surface area contributed by atoms with Crippen LogP contribution in [0.3, 0.4) is 0 Å². The molecule has 0 saturated carbocycles. The summed E-state index contributed by atoms with van der Waals surface area (Å²) >= 11 is 0. The molecule has 1 aromatic carbocycles. The first-order valence-electron chi connectivity index (χ1n) is 12.0. The zero-order chi connectivity index (χ0) is 27.3. The van der Waals surface area contributed by atoms with Crippen molar-refractivity contribution in [3.8, 4) is 17.3 Å². The zero-order valence-electron chi connectivity index (χ0n) is 22.1. The number of hydrogen-bond donors (Lipinski definition) is 0. The molecule has 2 aromatic heterocycles. The molecular formula is C27H30FN5O4. The standard InChI is InChI=1S/C27H30FN5O4/c1-15-22-20(33(31-15)25(35)37-27(5,6)7)12-17(13-29)23(30-22)21-18-10-11-32(24(34)36-26(2,3)4)14-16(18)8-9-19(21)28/h8-9,12H,10-11,14H2,1-7H3. The van der Waals surface area contributed by atoms with Crippen LogP contribution in [0.2, 0.25) is 0 Å². The van der Waals surface area contributed by atoms with Crippen molar-refractivity contribution >= 4 is 23.2 Å². The highest BCUT2D eigenvalue weighted by molar-refractivity contribution is 5.91. The molecule has 3 aromatic rings. The van der Waals surface area contributed by atoms with Crippen molar-refractivity contribution in [1.82, 2.24) is 19.7 Å². The number of aryl methyl sites for hydroxylation is 1. The van der Waals surface area contributed by atoms with Crippen molar-refractivity contribution < 1.29 is 23.5 Å². The maximum Gasteiger partial charge on any atom is 0.435 e. The van der Waals surface area contributed by atoms with Crippen molar-refractivity contribution in [3.05, 3.63) is 46.4 Å². The average Bonchev–Trinajstić information content (AvgIpc) is 3.11. The molecule has 0 atom stereocenters. The van der Waals surface area contributed by atoms with Gasteiger partial charge in [0.1, 0.15) is 34.1 Å². The number of nitriles is 1. The maximum absolute atomic E-state index is 15.3. The summed E-state index contributed by atoms with van der Waals surface area (Å²) in [7, 11) is 0. The fourth-order valence-electron chi connectivity index (χ4n) is 4.27. The fraction of sp³-hybridized carbons (Fsp3) is 0.444. The van der Waals surface area contributed by atoms with E-state index in [1.165, 1.54) is 12.1 Å². The van der Waals surface area contributed by atoms with E-state index in [9.17, 15) is 14.9 Å². The quantitative estimate of drug-likeness (QED) is 0.428. The minimum Gasteiger partial charge on any atom is -0.444 e. The second-order valence-electron chi connectivity index (χ2n) is 11.1. The topological polar surface area (TPSA) is 110 Å². The molecule has 0 spiro atoms. The van der Waals surface area contributed by atoms with E-state index in [2.05, 4.69) is 16.2 Å². The molecule has 10 heteroatoms. The number of rotatable bonds is 1. The molecule has 37 heavy (non-hydrogen) atoms. The van der Waals surface area contributed by atoms with E-state index in [4.69, 9.17) is 9.47 Å². The summed E-state index contributed by atoms with van der Waals surface area (Å²) in [6.45, 7) is 12.9. The molecule has 0 aliphatic carbocycles. The summed E-state index contributed by atoms with van der Waals surface area (Å²) in [5.41, 5.74) is 1.64. The van der Waals surface area contributed by atoms with Gasteiger partial charge < -0.3 is 14.4 Å². The van der Waals surface area contributed by atoms with Gasteiger partial charge in [0.15, 0.2) is 0 Å². The molecule has 0 saturated heterocycles. The lowest BCUT2D eigenvalue weighted by Crippen LogP contribution is -2.40. The van der Waals surface area contributed by atoms with Crippen LogP contribution in [0.1, 0.15) is 63.9 Å². The Labute approximate surface area is 214 Å². The van der Waals surface area contributed by atoms with Crippen LogP contribution in [-0.2, 0) is 22.4 Å². The van der Waals surface area contributed by atoms with E-state index >= 15 is 4.39 Å². The van der Waals surface area contributed by atoms with Crippen LogP contribution in [0.15, 0.2) is 18.2 Å². The van der Waals surface area contributed by atoms with Crippen molar-refractivity contribution in [1.29, 1.82) is 5.26 Å². The number of benzene rings is 1. The van der Waals surface area contributed by atoms with Gasteiger partial charge in [-0.3, -0.25) is 0 Å². The number of halogens is 1. The summed E-state index contributed by atoms with van der Waals surface area (Å²) in [4.78, 5) is 31.5. The lowest BCUT2D eigenvalue weighted by molar-refractivity contribution is 0.0223. The Bertz CT molecular complexity index is 1460. The first-order valence-corrected chi connectivity index (χ1v) is 12.0. The maximum atomic E-state index is 15.3. The van der Waals surface area contributed by atoms with Crippen LogP contribution in [-0.4, -0.2) is 49.6 Å². The van der Waals surface area contributed by atoms with E-state index in [0.29, 0.717) is 35.3 Å². The third-order valence-corrected chi connectivity index (χ3v) is 5.75. The van der Waals surface area contributed by atoms with E-state index in [-0.39, 0.29) is 23.4 Å². The summed E-state index contributed by atoms with van der Waals surface area (Å²) in [6.07, 6.45) is -0.774. The Balaban J connectivity index is 1.80. The zero-order valence-corrected chi connectivity index (χ0v) is 22.1. The minimum absolute atomic E-state index is 0.0964. The van der Waals surface area contributed by atoms with Crippen LogP contribution in [0.4, 0.5) is 14.0 Å². The summed E-state index contributed by atoms with van der Waals surface area (Å²) in [6, 6.07) is 6.53. The third-order valence-electron chi connectivity index (χ3n) is 5.75. The lowest BCUT2D eigenvalue weighted by Gasteiger charge is -2.32. The Hall–Kier alpha value is -4.00. The van der Waals surface area contributed by atoms with E-state index < -0.39 is 29.2 Å². The highest BCUT2D eigenvalue weighted by Crippen LogP contribution is 2.35. The highest BCUT2D eigenvalue weighted by Gasteiger charge is 2.30. The molecular weight excluding hydrogens is 477 g/mol. The van der Waals surface area contributed by atoms with Gasteiger partial charge in [-0.05, 0) is 78.1 Å². The van der Waals surface area contributed by atoms with Gasteiger partial charge in [-0.15, -0.1) is 0 Å². The molecule has 4 rings (SSSR count). The molecule has 3 heterocycles. The number of nitrogens with zero attached hydrogens (tertiary/aromatic N) is 5. The number of ether oxygens (including phenoxy) is 2. The molecule has 0 bridgehead atoms. The number of aromatic nitrogens is 3. The fourth-order valence-corrected chi connectivity index (χ4v) is 4.27. The Kier molecular flexibility index (Phi) is 6.44. The second kappa shape index (κ2) is 9.14. The van der Waals surface area contributed by atoms with Crippen molar-refractivity contribution in [2.24, 2.45) is 0 Å². The SMILES string of the molecule is Cc1nn(C(=O)OC(C)(C)C)c2cc(C#N)c(-c3c(F)ccc4c3CCN(C(=O)OC(C)(C)C)C4)nc12. The monoisotopic (exact) mass is 507 g/mol. The minimum atomic E-state index is -0.742. The van der Waals surface area contributed by atoms with E-state index in [1.807, 2.05) is 0 Å². The van der Waals surface area contributed by atoms with Crippen LogP contribution in [0.5, 0.6) is 0 Å². The van der Waals surface area contributed by atoms with Crippen molar-refractivity contribution in [3.63, 3.8) is 0 Å². The molecule has 0 N–H and O–H groups in total. The number of amides is 1. The van der Waals surface area contributed by atoms with Gasteiger partial charge in [-0.1, -0.05) is 6.07 Å². The smallest absolute Gasteiger partial charge is 0.435 e. The Morgan fingerprint density at radius 1 is 1.08 bits per heavy atom. The van der Waals surface area contributed by atoms with E-state index in [0.717, 1.165) is 10.2 Å². The van der Waals surface area contributed by atoms with Gasteiger partial charge in [-0.2, -0.15) is 15.0 Å². The molecule has 0 fully saturated rings. The molecule has 1 amide bonds. The first-order chi connectivity index (χ1) is 17.2. The van der Waals surface area contributed by atoms with Gasteiger partial charge in [0.25, 0.3) is 0 Å². The largest absolute Gasteiger partial charge is 0.444 e. The van der Waals surface area contributed by atoms with Crippen LogP contribution in [0, 0.1) is 24.1 Å². The first kappa shape index (κ1) is 26.1. The van der Waals surface area contributed by atoms with Crippen LogP contribution < -0.4 is 0 Å². The van der Waals surface area contributed by atoms with Gasteiger partial charge in [0.05, 0.1) is 17.0 Å². The lowest BCUT2D eigenvalue weighted by atomic mass is 9.91. The second-order valence-corrected chi connectivity index (χ2v) is 11.1. The molecule has 194 valence electrons. The van der Waals surface area contributed by atoms with Crippen LogP contribution in [0.25, 0.3) is 22.3 Å². The van der Waals surface area contributed by atoms with E-state index in [1.54, 1.807) is 59.4 Å². The van der Waals surface area contributed by atoms with Crippen molar-refractivity contribution in [2.45, 2.75) is 72.6 Å². The highest BCUT2D eigenvalue weighted by atomic mass is 19.1. The molecule has 1 aliphatic heterocycles. The normalized spacial score (nSPS) is 13.8. The summed E-state index contributed by atoms with van der Waals surface area (Å²) in [5.74, 6) is -0.523. The number of fused-ring (bicyclic) bond motifs is 2. The van der Waals surface area contributed by atoms with Crippen molar-refractivity contribution in [2.75, 3.05) is 6.54 Å². The van der Waals surface area contributed by atoms with Crippen LogP contribution >= 0.6 is 0 Å².